The van der Waals surface area contributed by atoms with E-state index >= 15 is 0 Å². The zero-order valence-corrected chi connectivity index (χ0v) is 10.3. The maximum absolute atomic E-state index is 12.1. The molecule has 14 heavy (non-hydrogen) atoms. The van der Waals surface area contributed by atoms with Crippen molar-refractivity contribution in [2.75, 3.05) is 13.1 Å². The van der Waals surface area contributed by atoms with Crippen molar-refractivity contribution in [3.8, 4) is 0 Å². The number of Topliss-reactive ketones (excluding diaryl/α,β-unsaturated/α-hetero) is 1. The summed E-state index contributed by atoms with van der Waals surface area (Å²) in [5.41, 5.74) is -0.916. The number of ketones is 1. The lowest BCUT2D eigenvalue weighted by Crippen LogP contribution is -2.60. The molecule has 3 nitrogen and oxygen atoms in total. The van der Waals surface area contributed by atoms with Gasteiger partial charge in [-0.25, -0.2) is 0 Å². The number of hydrogen-bond donors (Lipinski definition) is 2. The van der Waals surface area contributed by atoms with E-state index < -0.39 is 11.1 Å². The fourth-order valence-electron chi connectivity index (χ4n) is 1.83. The summed E-state index contributed by atoms with van der Waals surface area (Å²) in [5.74, 6) is 0.203. The van der Waals surface area contributed by atoms with Gasteiger partial charge in [0, 0.05) is 0 Å². The summed E-state index contributed by atoms with van der Waals surface area (Å²) in [7, 11) is 0. The molecule has 0 fully saturated rings. The van der Waals surface area contributed by atoms with Crippen molar-refractivity contribution in [2.45, 2.75) is 52.6 Å². The Labute approximate surface area is 87.6 Å². The molecule has 0 aromatic carbocycles. The van der Waals surface area contributed by atoms with Gasteiger partial charge in [0.15, 0.2) is 5.78 Å². The normalized spacial score (nSPS) is 13.0. The van der Waals surface area contributed by atoms with Gasteiger partial charge in [-0.2, -0.15) is 0 Å². The van der Waals surface area contributed by atoms with Gasteiger partial charge in [0.05, 0.1) is 11.1 Å². The van der Waals surface area contributed by atoms with Crippen molar-refractivity contribution in [2.24, 2.45) is 0 Å². The van der Waals surface area contributed by atoms with Crippen LogP contribution in [-0.4, -0.2) is 30.0 Å². The minimum atomic E-state index is -0.458. The van der Waals surface area contributed by atoms with Gasteiger partial charge in [-0.15, -0.1) is 0 Å². The van der Waals surface area contributed by atoms with Crippen LogP contribution in [0.3, 0.4) is 0 Å². The van der Waals surface area contributed by atoms with E-state index in [1.54, 1.807) is 0 Å². The summed E-state index contributed by atoms with van der Waals surface area (Å²) < 4.78 is 0. The maximum atomic E-state index is 12.1. The van der Waals surface area contributed by atoms with Crippen LogP contribution >= 0.6 is 0 Å². The van der Waals surface area contributed by atoms with Crippen molar-refractivity contribution in [3.05, 3.63) is 0 Å². The van der Waals surface area contributed by atoms with E-state index in [0.29, 0.717) is 0 Å². The zero-order chi connectivity index (χ0) is 11.4. The van der Waals surface area contributed by atoms with E-state index in [2.05, 4.69) is 10.6 Å². The van der Waals surface area contributed by atoms with Crippen LogP contribution in [-0.2, 0) is 4.79 Å². The Balaban J connectivity index is 4.58. The average molecular weight is 200 g/mol. The summed E-state index contributed by atoms with van der Waals surface area (Å²) in [6.45, 7) is 13.3. The van der Waals surface area contributed by atoms with Crippen LogP contribution in [0.1, 0.15) is 41.5 Å². The molecule has 0 aliphatic heterocycles. The Morgan fingerprint density at radius 3 is 1.43 bits per heavy atom. The third kappa shape index (κ3) is 3.39. The highest BCUT2D eigenvalue weighted by molar-refractivity contribution is 5.95. The van der Waals surface area contributed by atoms with Gasteiger partial charge in [-0.05, 0) is 40.8 Å². The van der Waals surface area contributed by atoms with Crippen LogP contribution < -0.4 is 10.6 Å². The molecule has 0 radical (unpaired) electrons. The second-order valence-electron chi connectivity index (χ2n) is 4.64. The Morgan fingerprint density at radius 1 is 0.929 bits per heavy atom. The first kappa shape index (κ1) is 13.6. The first-order valence-electron chi connectivity index (χ1n) is 5.33. The summed E-state index contributed by atoms with van der Waals surface area (Å²) in [5, 5.41) is 6.39. The number of nitrogens with one attached hydrogen (secondary N) is 2. The standard InChI is InChI=1S/C11H24N2O/c1-7-12-10(3,4)9(14)11(5,6)13-8-2/h12-13H,7-8H2,1-6H3. The minimum Gasteiger partial charge on any atom is -0.306 e. The molecule has 0 amide bonds. The zero-order valence-electron chi connectivity index (χ0n) is 10.3. The molecular formula is C11H24N2O. The van der Waals surface area contributed by atoms with Gasteiger partial charge in [0.1, 0.15) is 0 Å². The maximum Gasteiger partial charge on any atom is 0.171 e. The average Bonchev–Trinajstić information content (AvgIpc) is 2.02. The van der Waals surface area contributed by atoms with Crippen LogP contribution in [0.5, 0.6) is 0 Å². The second-order valence-corrected chi connectivity index (χ2v) is 4.64. The predicted molar refractivity (Wildman–Crippen MR) is 60.5 cm³/mol. The number of rotatable bonds is 6. The fraction of sp³-hybridized carbons (Fsp3) is 0.909. The molecule has 0 aliphatic rings. The monoisotopic (exact) mass is 200 g/mol. The lowest BCUT2D eigenvalue weighted by atomic mass is 9.85. The number of hydrogen-bond acceptors (Lipinski definition) is 3. The van der Waals surface area contributed by atoms with Crippen molar-refractivity contribution in [1.82, 2.24) is 10.6 Å². The molecule has 3 heteroatoms. The van der Waals surface area contributed by atoms with E-state index in [-0.39, 0.29) is 5.78 Å². The molecule has 0 aromatic heterocycles. The molecule has 2 N–H and O–H groups in total. The second kappa shape index (κ2) is 4.89. The summed E-state index contributed by atoms with van der Waals surface area (Å²) in [4.78, 5) is 12.1. The molecule has 0 unspecified atom stereocenters. The van der Waals surface area contributed by atoms with E-state index in [1.807, 2.05) is 41.5 Å². The molecule has 0 aromatic rings. The van der Waals surface area contributed by atoms with Gasteiger partial charge >= 0.3 is 0 Å². The third-order valence-corrected chi connectivity index (χ3v) is 2.37. The van der Waals surface area contributed by atoms with Gasteiger partial charge < -0.3 is 10.6 Å². The molecule has 0 bridgehead atoms. The lowest BCUT2D eigenvalue weighted by molar-refractivity contribution is -0.129. The van der Waals surface area contributed by atoms with Gasteiger partial charge in [-0.1, -0.05) is 13.8 Å². The third-order valence-electron chi connectivity index (χ3n) is 2.37. The molecule has 0 saturated heterocycles. The van der Waals surface area contributed by atoms with Crippen molar-refractivity contribution in [1.29, 1.82) is 0 Å². The van der Waals surface area contributed by atoms with Crippen molar-refractivity contribution < 1.29 is 4.79 Å². The molecule has 84 valence electrons. The molecule has 0 saturated carbocycles. The Hall–Kier alpha value is -0.410. The first-order valence-corrected chi connectivity index (χ1v) is 5.33. The van der Waals surface area contributed by atoms with E-state index in [9.17, 15) is 4.79 Å². The summed E-state index contributed by atoms with van der Waals surface area (Å²) in [6.07, 6.45) is 0. The molecular weight excluding hydrogens is 176 g/mol. The van der Waals surface area contributed by atoms with Crippen LogP contribution in [0.25, 0.3) is 0 Å². The summed E-state index contributed by atoms with van der Waals surface area (Å²) >= 11 is 0. The van der Waals surface area contributed by atoms with Gasteiger partial charge in [0.25, 0.3) is 0 Å². The molecule has 0 spiro atoms. The highest BCUT2D eigenvalue weighted by Crippen LogP contribution is 2.15. The van der Waals surface area contributed by atoms with E-state index in [4.69, 9.17) is 0 Å². The topological polar surface area (TPSA) is 41.1 Å². The number of carbonyl (C=O) groups excluding carboxylic acids is 1. The van der Waals surface area contributed by atoms with Crippen LogP contribution in [0, 0.1) is 0 Å². The van der Waals surface area contributed by atoms with E-state index in [0.717, 1.165) is 13.1 Å². The van der Waals surface area contributed by atoms with E-state index in [1.165, 1.54) is 0 Å². The fourth-order valence-corrected chi connectivity index (χ4v) is 1.83. The van der Waals surface area contributed by atoms with Crippen LogP contribution in [0.2, 0.25) is 0 Å². The summed E-state index contributed by atoms with van der Waals surface area (Å²) in [6, 6.07) is 0. The first-order chi connectivity index (χ1) is 6.28. The number of carbonyl (C=O) groups is 1. The Bertz CT molecular complexity index is 177. The van der Waals surface area contributed by atoms with Gasteiger partial charge in [0.2, 0.25) is 0 Å². The minimum absolute atomic E-state index is 0.203. The Morgan fingerprint density at radius 2 is 1.21 bits per heavy atom. The largest absolute Gasteiger partial charge is 0.306 e. The SMILES string of the molecule is CCNC(C)(C)C(=O)C(C)(C)NCC. The quantitative estimate of drug-likeness (QED) is 0.679. The van der Waals surface area contributed by atoms with Crippen molar-refractivity contribution in [3.63, 3.8) is 0 Å². The Kier molecular flexibility index (Phi) is 4.75. The van der Waals surface area contributed by atoms with Crippen molar-refractivity contribution >= 4 is 5.78 Å². The predicted octanol–water partition coefficient (Wildman–Crippen LogP) is 1.33. The lowest BCUT2D eigenvalue weighted by Gasteiger charge is -2.34. The van der Waals surface area contributed by atoms with Crippen LogP contribution in [0.15, 0.2) is 0 Å². The van der Waals surface area contributed by atoms with Crippen LogP contribution in [0.4, 0.5) is 0 Å². The molecule has 0 rings (SSSR count). The molecule has 0 heterocycles. The smallest absolute Gasteiger partial charge is 0.171 e. The highest BCUT2D eigenvalue weighted by atomic mass is 16.1. The molecule has 0 aliphatic carbocycles. The van der Waals surface area contributed by atoms with Gasteiger partial charge in [-0.3, -0.25) is 4.79 Å². The highest BCUT2D eigenvalue weighted by Gasteiger charge is 2.37. The molecule has 0 atom stereocenters. The number of likely N-dealkylation sites (N-methyl/N-ethyl adjacent to an activating group) is 2.